The Morgan fingerprint density at radius 3 is 0.286 bits per heavy atom. The average Bonchev–Trinajstić information content (AvgIpc) is 0. The summed E-state index contributed by atoms with van der Waals surface area (Å²) in [4.78, 5) is 0. The molecule has 0 saturated carbocycles. The molecule has 0 spiro atoms. The van der Waals surface area contributed by atoms with Gasteiger partial charge in [-0.25, -0.2) is 0 Å². The summed E-state index contributed by atoms with van der Waals surface area (Å²) in [6.45, 7) is 0. The van der Waals surface area contributed by atoms with Crippen LogP contribution in [0.1, 0.15) is 0 Å². The van der Waals surface area contributed by atoms with Crippen LogP contribution in [0.15, 0.2) is 0 Å². The fourth-order valence-corrected chi connectivity index (χ4v) is 0. The van der Waals surface area contributed by atoms with E-state index in [4.69, 9.17) is 0 Å². The number of hydrogen-bond acceptors (Lipinski definition) is 0. The van der Waals surface area contributed by atoms with Crippen LogP contribution in [0.2, 0.25) is 0 Å². The summed E-state index contributed by atoms with van der Waals surface area (Å²) in [7, 11) is 0. The van der Waals surface area contributed by atoms with Crippen molar-refractivity contribution in [1.29, 1.82) is 0 Å². The van der Waals surface area contributed by atoms with Gasteiger partial charge < -0.3 is 0 Å². The quantitative estimate of drug-likeness (QED) is 0.301. The van der Waals surface area contributed by atoms with Gasteiger partial charge in [0.2, 0.25) is 0 Å². The summed E-state index contributed by atoms with van der Waals surface area (Å²) in [5, 5.41) is 0. The van der Waals surface area contributed by atoms with Crippen molar-refractivity contribution < 1.29 is 197 Å². The minimum Gasteiger partial charge on any atom is 0 e. The Balaban J connectivity index is 0. The van der Waals surface area contributed by atoms with Crippen LogP contribution < -0.4 is 0 Å². The Hall–Kier alpha value is 6.60. The molecule has 37 valence electrons. The molecule has 0 saturated heterocycles. The molecule has 0 aliphatic rings. The summed E-state index contributed by atoms with van der Waals surface area (Å²) in [5.74, 6) is 0. The average molecular weight is 1480 g/mol. The third-order valence-electron chi connectivity index (χ3n) is 0. The predicted molar refractivity (Wildman–Crippen MR) is 0 cm³/mol. The van der Waals surface area contributed by atoms with Crippen molar-refractivity contribution in [3.63, 3.8) is 0 Å². The van der Waals surface area contributed by atoms with E-state index >= 15 is 0 Å². The van der Waals surface area contributed by atoms with Crippen molar-refractivity contribution in [2.75, 3.05) is 0 Å². The molecule has 0 aromatic carbocycles. The fraction of sp³-hybridized carbons (Fsp3) is 0. The second-order valence-electron chi connectivity index (χ2n) is 0. The minimum absolute atomic E-state index is 0. The van der Waals surface area contributed by atoms with Gasteiger partial charge in [-0.2, -0.15) is 0 Å². The van der Waals surface area contributed by atoms with E-state index in [2.05, 4.69) is 0 Å². The second kappa shape index (κ2) is 38.9. The summed E-state index contributed by atoms with van der Waals surface area (Å²) in [6.07, 6.45) is 0. The molecule has 0 bridgehead atoms. The minimum atomic E-state index is 0. The first-order chi connectivity index (χ1) is 0. The smallest absolute Gasteiger partial charge is 0 e. The summed E-state index contributed by atoms with van der Waals surface area (Å²) >= 11 is 0. The molecule has 0 atom stereocenters. The molecule has 0 aromatic rings. The zero-order valence-electron chi connectivity index (χ0n) is 3.06. The van der Waals surface area contributed by atoms with Crippen molar-refractivity contribution in [1.82, 2.24) is 0 Å². The summed E-state index contributed by atoms with van der Waals surface area (Å²) < 4.78 is 0. The van der Waals surface area contributed by atoms with Gasteiger partial charge >= 0.3 is 0 Å². The first-order valence-corrected chi connectivity index (χ1v) is 0. The van der Waals surface area contributed by atoms with E-state index in [1.54, 1.807) is 0 Å². The molecule has 0 heterocycles. The molecule has 0 amide bonds. The molecule has 0 aromatic heterocycles. The van der Waals surface area contributed by atoms with Gasteiger partial charge in [-0.05, 0) is 0 Å². The van der Waals surface area contributed by atoms with Gasteiger partial charge in [-0.3, -0.25) is 0 Å². The van der Waals surface area contributed by atoms with Crippen molar-refractivity contribution >= 4 is 0 Å². The maximum Gasteiger partial charge on any atom is 0 e. The van der Waals surface area contributed by atoms with Gasteiger partial charge in [0.25, 0.3) is 0 Å². The van der Waals surface area contributed by atoms with Gasteiger partial charge in [-0.1, -0.05) is 0 Å². The maximum absolute atomic E-state index is 0. The third kappa shape index (κ3) is 32.5. The SMILES string of the molecule is [Mn].[Np].[Np].[Np].[Np].[Np].[Np]. The Morgan fingerprint density at radius 2 is 0.286 bits per heavy atom. The zero-order chi connectivity index (χ0) is 0. The largest absolute Gasteiger partial charge is 0 e. The fourth-order valence-electron chi connectivity index (χ4n) is 0. The van der Waals surface area contributed by atoms with Gasteiger partial charge in [0.05, 0.1) is 0 Å². The van der Waals surface area contributed by atoms with Gasteiger partial charge in [0.1, 0.15) is 0 Å². The molecule has 0 unspecified atom stereocenters. The molecule has 7 radical (unpaired) electrons. The van der Waals surface area contributed by atoms with Crippen LogP contribution in [0.5, 0.6) is 0 Å². The maximum atomic E-state index is 0. The number of rotatable bonds is 0. The standard InChI is InChI=1S/Mn.6Np. The first-order valence-electron chi connectivity index (χ1n) is 0. The molecule has 7 heavy (non-hydrogen) atoms. The Labute approximate surface area is 191 Å². The van der Waals surface area contributed by atoms with E-state index in [0.29, 0.717) is 0 Å². The molecule has 0 nitrogen and oxygen atoms in total. The van der Waals surface area contributed by atoms with E-state index in [0.717, 1.165) is 0 Å². The van der Waals surface area contributed by atoms with Gasteiger partial charge in [-0.15, -0.1) is 0 Å². The molecule has 0 aliphatic carbocycles. The topological polar surface area (TPSA) is 0 Å². The van der Waals surface area contributed by atoms with Crippen molar-refractivity contribution in [2.24, 2.45) is 0 Å². The van der Waals surface area contributed by atoms with E-state index in [1.165, 1.54) is 0 Å². The molecular weight excluding hydrogens is 1480 g/mol. The van der Waals surface area contributed by atoms with Gasteiger partial charge in [0, 0.05) is 197 Å². The predicted octanol–water partition coefficient (Wildman–Crippen LogP) is -0.00250. The third-order valence-corrected chi connectivity index (χ3v) is 0. The second-order valence-corrected chi connectivity index (χ2v) is 0. The Bertz CT molecular complexity index is 4.14. The van der Waals surface area contributed by atoms with Crippen LogP contribution in [0.3, 0.4) is 0 Å². The van der Waals surface area contributed by atoms with Crippen LogP contribution >= 0.6 is 0 Å². The molecule has 0 rings (SSSR count). The van der Waals surface area contributed by atoms with Crippen LogP contribution in [-0.2, 0) is 17.1 Å². The van der Waals surface area contributed by atoms with Crippen LogP contribution in [0.4, 0.5) is 0 Å². The molecular formula is MnNp6. The van der Waals surface area contributed by atoms with Crippen LogP contribution in [0, 0.1) is 180 Å². The van der Waals surface area contributed by atoms with Crippen molar-refractivity contribution in [3.8, 4) is 0 Å². The Morgan fingerprint density at radius 1 is 0.286 bits per heavy atom. The van der Waals surface area contributed by atoms with E-state index in [9.17, 15) is 0 Å². The normalized spacial score (nSPS) is 0. The van der Waals surface area contributed by atoms with Gasteiger partial charge in [0.15, 0.2) is 0 Å². The molecule has 0 fully saturated rings. The summed E-state index contributed by atoms with van der Waals surface area (Å²) in [6, 6.07) is 0. The monoisotopic (exact) mass is 1470 g/mol. The van der Waals surface area contributed by atoms with Crippen molar-refractivity contribution in [3.05, 3.63) is 0 Å². The molecule has 7 heteroatoms. The van der Waals surface area contributed by atoms with E-state index < -0.39 is 0 Å². The Kier molecular flexibility index (Phi) is 276. The first kappa shape index (κ1) is 49.6. The van der Waals surface area contributed by atoms with E-state index in [-0.39, 0.29) is 197 Å². The zero-order valence-corrected chi connectivity index (χ0v) is 26.6. The molecule has 0 N–H and O–H groups in total. The number of hydrogen-bond donors (Lipinski definition) is 0. The van der Waals surface area contributed by atoms with Crippen LogP contribution in [-0.4, -0.2) is 0 Å². The van der Waals surface area contributed by atoms with Crippen molar-refractivity contribution in [2.45, 2.75) is 0 Å². The molecule has 0 aliphatic heterocycles. The van der Waals surface area contributed by atoms with E-state index in [1.807, 2.05) is 0 Å². The summed E-state index contributed by atoms with van der Waals surface area (Å²) in [5.41, 5.74) is 0. The van der Waals surface area contributed by atoms with Crippen LogP contribution in [0.25, 0.3) is 0 Å².